The molecular formula is C14H24Cl2O4. The molecule has 0 rings (SSSR count). The smallest absolute Gasteiger partial charge is 0.323 e. The lowest BCUT2D eigenvalue weighted by molar-refractivity contribution is -0.145. The van der Waals surface area contributed by atoms with Crippen molar-refractivity contribution in [2.75, 3.05) is 13.2 Å². The highest BCUT2D eigenvalue weighted by molar-refractivity contribution is 6.29. The van der Waals surface area contributed by atoms with Crippen LogP contribution < -0.4 is 0 Å². The predicted octanol–water partition coefficient (Wildman–Crippen LogP) is 3.52. The lowest BCUT2D eigenvalue weighted by Gasteiger charge is -2.15. The fraction of sp³-hybridized carbons (Fsp3) is 0.857. The molecule has 0 saturated carbocycles. The third-order valence-electron chi connectivity index (χ3n) is 2.94. The monoisotopic (exact) mass is 326 g/mol. The summed E-state index contributed by atoms with van der Waals surface area (Å²) >= 11 is 11.2. The Hall–Kier alpha value is -0.480. The van der Waals surface area contributed by atoms with Crippen LogP contribution in [0.2, 0.25) is 0 Å². The van der Waals surface area contributed by atoms with Gasteiger partial charge in [-0.2, -0.15) is 0 Å². The van der Waals surface area contributed by atoms with E-state index in [0.717, 1.165) is 25.7 Å². The van der Waals surface area contributed by atoms with Crippen molar-refractivity contribution in [3.8, 4) is 0 Å². The molecular weight excluding hydrogens is 303 g/mol. The van der Waals surface area contributed by atoms with Gasteiger partial charge < -0.3 is 9.47 Å². The van der Waals surface area contributed by atoms with Gasteiger partial charge in [-0.15, -0.1) is 23.2 Å². The van der Waals surface area contributed by atoms with Gasteiger partial charge in [0.25, 0.3) is 0 Å². The molecule has 0 aromatic carbocycles. The topological polar surface area (TPSA) is 52.6 Å². The molecule has 20 heavy (non-hydrogen) atoms. The number of hydrogen-bond donors (Lipinski definition) is 0. The van der Waals surface area contributed by atoms with Crippen molar-refractivity contribution < 1.29 is 19.1 Å². The molecule has 0 aliphatic heterocycles. The fourth-order valence-electron chi connectivity index (χ4n) is 1.54. The van der Waals surface area contributed by atoms with E-state index in [2.05, 4.69) is 6.92 Å². The highest BCUT2D eigenvalue weighted by atomic mass is 35.5. The van der Waals surface area contributed by atoms with Crippen LogP contribution in [0.15, 0.2) is 0 Å². The molecule has 0 bridgehead atoms. The molecule has 0 aliphatic rings. The SMILES string of the molecule is CCC(CCCCOC(=O)C(C)Cl)COC(=O)C(C)Cl. The Labute approximate surface area is 131 Å². The van der Waals surface area contributed by atoms with Crippen LogP contribution in [0.5, 0.6) is 0 Å². The van der Waals surface area contributed by atoms with E-state index >= 15 is 0 Å². The summed E-state index contributed by atoms with van der Waals surface area (Å²) in [6, 6.07) is 0. The molecule has 6 heteroatoms. The maximum absolute atomic E-state index is 11.3. The number of unbranched alkanes of at least 4 members (excludes halogenated alkanes) is 1. The highest BCUT2D eigenvalue weighted by Crippen LogP contribution is 2.14. The summed E-state index contributed by atoms with van der Waals surface area (Å²) in [6.45, 7) is 6.01. The third kappa shape index (κ3) is 9.43. The van der Waals surface area contributed by atoms with E-state index in [1.807, 2.05) is 0 Å². The van der Waals surface area contributed by atoms with Gasteiger partial charge in [0.2, 0.25) is 0 Å². The minimum Gasteiger partial charge on any atom is -0.465 e. The van der Waals surface area contributed by atoms with E-state index in [-0.39, 0.29) is 11.9 Å². The Morgan fingerprint density at radius 2 is 1.55 bits per heavy atom. The van der Waals surface area contributed by atoms with Crippen LogP contribution in [0.3, 0.4) is 0 Å². The second kappa shape index (κ2) is 11.2. The van der Waals surface area contributed by atoms with Gasteiger partial charge in [0.1, 0.15) is 10.8 Å². The Kier molecular flexibility index (Phi) is 10.9. The molecule has 0 amide bonds. The van der Waals surface area contributed by atoms with Crippen molar-refractivity contribution in [3.05, 3.63) is 0 Å². The maximum atomic E-state index is 11.3. The van der Waals surface area contributed by atoms with E-state index < -0.39 is 10.8 Å². The number of ether oxygens (including phenoxy) is 2. The van der Waals surface area contributed by atoms with Gasteiger partial charge in [0.05, 0.1) is 13.2 Å². The molecule has 0 radical (unpaired) electrons. The van der Waals surface area contributed by atoms with E-state index in [1.54, 1.807) is 13.8 Å². The first-order valence-corrected chi connectivity index (χ1v) is 7.87. The lowest BCUT2D eigenvalue weighted by Crippen LogP contribution is -2.19. The van der Waals surface area contributed by atoms with Gasteiger partial charge in [0, 0.05) is 0 Å². The molecule has 118 valence electrons. The standard InChI is InChI=1S/C14H24Cl2O4/c1-4-12(9-20-14(18)11(3)16)7-5-6-8-19-13(17)10(2)15/h10-12H,4-9H2,1-3H3. The van der Waals surface area contributed by atoms with Crippen LogP contribution in [-0.4, -0.2) is 35.9 Å². The van der Waals surface area contributed by atoms with Gasteiger partial charge in [0.15, 0.2) is 0 Å². The van der Waals surface area contributed by atoms with Crippen molar-refractivity contribution in [2.24, 2.45) is 5.92 Å². The van der Waals surface area contributed by atoms with Crippen molar-refractivity contribution in [2.45, 2.75) is 57.2 Å². The zero-order valence-electron chi connectivity index (χ0n) is 12.4. The van der Waals surface area contributed by atoms with Gasteiger partial charge in [-0.3, -0.25) is 9.59 Å². The summed E-state index contributed by atoms with van der Waals surface area (Å²) in [7, 11) is 0. The Bertz CT molecular complexity index is 293. The third-order valence-corrected chi connectivity index (χ3v) is 3.30. The number of hydrogen-bond acceptors (Lipinski definition) is 4. The van der Waals surface area contributed by atoms with Gasteiger partial charge in [-0.1, -0.05) is 13.3 Å². The second-order valence-corrected chi connectivity index (χ2v) is 6.11. The number of carbonyl (C=O) groups excluding carboxylic acids is 2. The maximum Gasteiger partial charge on any atom is 0.323 e. The molecule has 0 aromatic rings. The van der Waals surface area contributed by atoms with Crippen molar-refractivity contribution in [3.63, 3.8) is 0 Å². The van der Waals surface area contributed by atoms with E-state index in [0.29, 0.717) is 19.1 Å². The molecule has 0 N–H and O–H groups in total. The fourth-order valence-corrected chi connectivity index (χ4v) is 1.67. The van der Waals surface area contributed by atoms with Gasteiger partial charge in [-0.25, -0.2) is 0 Å². The van der Waals surface area contributed by atoms with Crippen LogP contribution in [0.25, 0.3) is 0 Å². The minimum absolute atomic E-state index is 0.317. The van der Waals surface area contributed by atoms with Crippen LogP contribution >= 0.6 is 23.2 Å². The Morgan fingerprint density at radius 3 is 2.05 bits per heavy atom. The first-order chi connectivity index (χ1) is 9.38. The first kappa shape index (κ1) is 19.5. The normalized spacial score (nSPS) is 15.2. The second-order valence-electron chi connectivity index (χ2n) is 4.80. The van der Waals surface area contributed by atoms with Crippen LogP contribution in [0.1, 0.15) is 46.5 Å². The lowest BCUT2D eigenvalue weighted by atomic mass is 10.0. The van der Waals surface area contributed by atoms with E-state index in [9.17, 15) is 9.59 Å². The molecule has 0 heterocycles. The van der Waals surface area contributed by atoms with Crippen LogP contribution in [0.4, 0.5) is 0 Å². The molecule has 4 nitrogen and oxygen atoms in total. The van der Waals surface area contributed by atoms with E-state index in [1.165, 1.54) is 0 Å². The largest absolute Gasteiger partial charge is 0.465 e. The summed E-state index contributed by atoms with van der Waals surface area (Å²) < 4.78 is 10.1. The number of halogens is 2. The Balaban J connectivity index is 3.70. The molecule has 0 aliphatic carbocycles. The average Bonchev–Trinajstić information content (AvgIpc) is 2.40. The summed E-state index contributed by atoms with van der Waals surface area (Å²) in [4.78, 5) is 22.4. The summed E-state index contributed by atoms with van der Waals surface area (Å²) in [5.41, 5.74) is 0. The molecule has 0 saturated heterocycles. The first-order valence-electron chi connectivity index (χ1n) is 6.99. The summed E-state index contributed by atoms with van der Waals surface area (Å²) in [5, 5.41) is -1.21. The predicted molar refractivity (Wildman–Crippen MR) is 80.2 cm³/mol. The number of rotatable bonds is 10. The van der Waals surface area contributed by atoms with Crippen molar-refractivity contribution >= 4 is 35.1 Å². The van der Waals surface area contributed by atoms with Crippen molar-refractivity contribution in [1.82, 2.24) is 0 Å². The highest BCUT2D eigenvalue weighted by Gasteiger charge is 2.14. The Morgan fingerprint density at radius 1 is 1.00 bits per heavy atom. The molecule has 3 atom stereocenters. The number of carbonyl (C=O) groups is 2. The van der Waals surface area contributed by atoms with Crippen LogP contribution in [-0.2, 0) is 19.1 Å². The van der Waals surface area contributed by atoms with Crippen LogP contribution in [0, 0.1) is 5.92 Å². The summed E-state index contributed by atoms with van der Waals surface area (Å²) in [6.07, 6.45) is 3.55. The quantitative estimate of drug-likeness (QED) is 0.350. The molecule has 3 unspecified atom stereocenters. The molecule has 0 aromatic heterocycles. The van der Waals surface area contributed by atoms with Crippen molar-refractivity contribution in [1.29, 1.82) is 0 Å². The van der Waals surface area contributed by atoms with Gasteiger partial charge >= 0.3 is 11.9 Å². The zero-order valence-corrected chi connectivity index (χ0v) is 13.9. The minimum atomic E-state index is -0.607. The molecule has 0 spiro atoms. The zero-order chi connectivity index (χ0) is 15.5. The average molecular weight is 327 g/mol. The van der Waals surface area contributed by atoms with Gasteiger partial charge in [-0.05, 0) is 39.0 Å². The summed E-state index contributed by atoms with van der Waals surface area (Å²) in [5.74, 6) is -0.448. The number of alkyl halides is 2. The van der Waals surface area contributed by atoms with E-state index in [4.69, 9.17) is 32.7 Å². The molecule has 0 fully saturated rings. The number of esters is 2.